The Hall–Kier alpha value is -1.56. The molecule has 106 valence electrons. The number of nitrogens with zero attached hydrogens (tertiary/aromatic N) is 3. The van der Waals surface area contributed by atoms with Crippen LogP contribution in [-0.2, 0) is 0 Å². The molecule has 1 aliphatic rings. The number of nitrogen functional groups attached to an aromatic ring is 1. The van der Waals surface area contributed by atoms with E-state index < -0.39 is 0 Å². The van der Waals surface area contributed by atoms with Crippen molar-refractivity contribution < 1.29 is 4.74 Å². The highest BCUT2D eigenvalue weighted by Crippen LogP contribution is 2.26. The summed E-state index contributed by atoms with van der Waals surface area (Å²) in [4.78, 5) is 10.5. The van der Waals surface area contributed by atoms with E-state index in [1.807, 2.05) is 0 Å². The Bertz CT molecular complexity index is 406. The standard InChI is InChI=1S/C13H23N5O/c1-18(10-5-3-4-6-10)8-7-15-13-11(19-2)12(14)16-9-17-13/h9-10H,3-8H2,1-2H3,(H3,14,15,16,17). The predicted molar refractivity (Wildman–Crippen MR) is 76.4 cm³/mol. The van der Waals surface area contributed by atoms with E-state index in [0.29, 0.717) is 17.4 Å². The summed E-state index contributed by atoms with van der Waals surface area (Å²) < 4.78 is 5.21. The zero-order chi connectivity index (χ0) is 13.7. The number of methoxy groups -OCH3 is 1. The van der Waals surface area contributed by atoms with E-state index in [0.717, 1.165) is 19.1 Å². The van der Waals surface area contributed by atoms with Gasteiger partial charge < -0.3 is 20.7 Å². The Labute approximate surface area is 114 Å². The van der Waals surface area contributed by atoms with Crippen molar-refractivity contribution in [3.05, 3.63) is 6.33 Å². The van der Waals surface area contributed by atoms with Crippen molar-refractivity contribution in [3.8, 4) is 5.75 Å². The lowest BCUT2D eigenvalue weighted by molar-refractivity contribution is 0.254. The Morgan fingerprint density at radius 3 is 2.84 bits per heavy atom. The topological polar surface area (TPSA) is 76.3 Å². The molecule has 1 heterocycles. The van der Waals surface area contributed by atoms with Gasteiger partial charge in [-0.05, 0) is 19.9 Å². The summed E-state index contributed by atoms with van der Waals surface area (Å²) in [5.74, 6) is 1.55. The van der Waals surface area contributed by atoms with Gasteiger partial charge in [0.2, 0.25) is 5.75 Å². The molecule has 1 saturated carbocycles. The molecule has 0 bridgehead atoms. The molecule has 2 rings (SSSR count). The Morgan fingerprint density at radius 2 is 2.16 bits per heavy atom. The largest absolute Gasteiger partial charge is 0.490 e. The molecule has 6 nitrogen and oxygen atoms in total. The van der Waals surface area contributed by atoms with Gasteiger partial charge in [0.05, 0.1) is 7.11 Å². The van der Waals surface area contributed by atoms with Crippen LogP contribution in [-0.4, -0.2) is 48.2 Å². The average Bonchev–Trinajstić information content (AvgIpc) is 2.93. The second kappa shape index (κ2) is 6.56. The van der Waals surface area contributed by atoms with Crippen molar-refractivity contribution in [1.82, 2.24) is 14.9 Å². The SMILES string of the molecule is COc1c(N)ncnc1NCCN(C)C1CCCC1. The summed E-state index contributed by atoms with van der Waals surface area (Å²) >= 11 is 0. The van der Waals surface area contributed by atoms with Crippen molar-refractivity contribution in [3.63, 3.8) is 0 Å². The molecule has 1 aromatic rings. The Balaban J connectivity index is 1.83. The van der Waals surface area contributed by atoms with Crippen molar-refractivity contribution in [2.45, 2.75) is 31.7 Å². The van der Waals surface area contributed by atoms with Crippen LogP contribution in [0, 0.1) is 0 Å². The molecule has 1 aromatic heterocycles. The van der Waals surface area contributed by atoms with Crippen molar-refractivity contribution in [2.24, 2.45) is 0 Å². The quantitative estimate of drug-likeness (QED) is 0.808. The van der Waals surface area contributed by atoms with Crippen LogP contribution in [0.1, 0.15) is 25.7 Å². The lowest BCUT2D eigenvalue weighted by Crippen LogP contribution is -2.33. The normalized spacial score (nSPS) is 15.9. The lowest BCUT2D eigenvalue weighted by atomic mass is 10.2. The number of anilines is 2. The lowest BCUT2D eigenvalue weighted by Gasteiger charge is -2.24. The second-order valence-electron chi connectivity index (χ2n) is 4.99. The zero-order valence-electron chi connectivity index (χ0n) is 11.7. The van der Waals surface area contributed by atoms with Crippen LogP contribution in [0.4, 0.5) is 11.6 Å². The van der Waals surface area contributed by atoms with Gasteiger partial charge in [0.25, 0.3) is 0 Å². The van der Waals surface area contributed by atoms with E-state index in [1.165, 1.54) is 32.0 Å². The number of ether oxygens (including phenoxy) is 1. The summed E-state index contributed by atoms with van der Waals surface area (Å²) in [6.07, 6.45) is 6.80. The van der Waals surface area contributed by atoms with E-state index in [-0.39, 0.29) is 0 Å². The number of hydrogen-bond acceptors (Lipinski definition) is 6. The van der Waals surface area contributed by atoms with Crippen LogP contribution in [0.2, 0.25) is 0 Å². The molecule has 0 unspecified atom stereocenters. The Morgan fingerprint density at radius 1 is 1.42 bits per heavy atom. The summed E-state index contributed by atoms with van der Waals surface area (Å²) in [6.45, 7) is 1.80. The monoisotopic (exact) mass is 265 g/mol. The fraction of sp³-hybridized carbons (Fsp3) is 0.692. The van der Waals surface area contributed by atoms with E-state index in [4.69, 9.17) is 10.5 Å². The molecule has 0 aromatic carbocycles. The smallest absolute Gasteiger partial charge is 0.203 e. The minimum absolute atomic E-state index is 0.365. The van der Waals surface area contributed by atoms with E-state index in [9.17, 15) is 0 Å². The number of aromatic nitrogens is 2. The van der Waals surface area contributed by atoms with Gasteiger partial charge in [-0.15, -0.1) is 0 Å². The predicted octanol–water partition coefficient (Wildman–Crippen LogP) is 1.35. The Kier molecular flexibility index (Phi) is 4.79. The van der Waals surface area contributed by atoms with Gasteiger partial charge in [-0.1, -0.05) is 12.8 Å². The molecule has 3 N–H and O–H groups in total. The zero-order valence-corrected chi connectivity index (χ0v) is 11.7. The molecule has 6 heteroatoms. The molecule has 0 amide bonds. The number of likely N-dealkylation sites (N-methyl/N-ethyl adjacent to an activating group) is 1. The molecular weight excluding hydrogens is 242 g/mol. The summed E-state index contributed by atoms with van der Waals surface area (Å²) in [7, 11) is 3.76. The molecule has 0 aliphatic heterocycles. The van der Waals surface area contributed by atoms with E-state index >= 15 is 0 Å². The molecule has 0 saturated heterocycles. The minimum atomic E-state index is 0.365. The summed E-state index contributed by atoms with van der Waals surface area (Å²) in [5.41, 5.74) is 5.74. The summed E-state index contributed by atoms with van der Waals surface area (Å²) in [6, 6.07) is 0.735. The van der Waals surface area contributed by atoms with Gasteiger partial charge in [-0.25, -0.2) is 9.97 Å². The highest BCUT2D eigenvalue weighted by molar-refractivity contribution is 5.61. The second-order valence-corrected chi connectivity index (χ2v) is 4.99. The number of rotatable bonds is 6. The first kappa shape index (κ1) is 13.9. The number of hydrogen-bond donors (Lipinski definition) is 2. The maximum atomic E-state index is 5.74. The minimum Gasteiger partial charge on any atom is -0.490 e. The van der Waals surface area contributed by atoms with E-state index in [1.54, 1.807) is 7.11 Å². The number of nitrogens with two attached hydrogens (primary N) is 1. The van der Waals surface area contributed by atoms with Crippen molar-refractivity contribution in [2.75, 3.05) is 38.3 Å². The molecule has 19 heavy (non-hydrogen) atoms. The van der Waals surface area contributed by atoms with Crippen molar-refractivity contribution in [1.29, 1.82) is 0 Å². The number of nitrogens with one attached hydrogen (secondary N) is 1. The van der Waals surface area contributed by atoms with Crippen molar-refractivity contribution >= 4 is 11.6 Å². The van der Waals surface area contributed by atoms with Gasteiger partial charge in [-0.3, -0.25) is 0 Å². The third kappa shape index (κ3) is 3.47. The highest BCUT2D eigenvalue weighted by Gasteiger charge is 2.19. The van der Waals surface area contributed by atoms with Crippen LogP contribution in [0.25, 0.3) is 0 Å². The van der Waals surface area contributed by atoms with Crippen LogP contribution >= 0.6 is 0 Å². The summed E-state index contributed by atoms with van der Waals surface area (Å²) in [5, 5.41) is 3.26. The van der Waals surface area contributed by atoms with Crippen LogP contribution in [0.5, 0.6) is 5.75 Å². The third-order valence-corrected chi connectivity index (χ3v) is 3.74. The third-order valence-electron chi connectivity index (χ3n) is 3.74. The van der Waals surface area contributed by atoms with Crippen LogP contribution < -0.4 is 15.8 Å². The first-order valence-electron chi connectivity index (χ1n) is 6.81. The maximum absolute atomic E-state index is 5.74. The maximum Gasteiger partial charge on any atom is 0.203 e. The molecule has 0 radical (unpaired) electrons. The molecule has 1 fully saturated rings. The van der Waals surface area contributed by atoms with Gasteiger partial charge in [0.15, 0.2) is 11.6 Å². The van der Waals surface area contributed by atoms with Crippen LogP contribution in [0.3, 0.4) is 0 Å². The van der Waals surface area contributed by atoms with Gasteiger partial charge in [-0.2, -0.15) is 0 Å². The average molecular weight is 265 g/mol. The molecule has 0 atom stereocenters. The van der Waals surface area contributed by atoms with Gasteiger partial charge in [0.1, 0.15) is 6.33 Å². The fourth-order valence-electron chi connectivity index (χ4n) is 2.59. The van der Waals surface area contributed by atoms with Gasteiger partial charge >= 0.3 is 0 Å². The first-order chi connectivity index (χ1) is 9.22. The molecular formula is C13H23N5O. The van der Waals surface area contributed by atoms with E-state index in [2.05, 4.69) is 27.2 Å². The highest BCUT2D eigenvalue weighted by atomic mass is 16.5. The van der Waals surface area contributed by atoms with Gasteiger partial charge in [0, 0.05) is 19.1 Å². The fourth-order valence-corrected chi connectivity index (χ4v) is 2.59. The molecule has 0 spiro atoms. The van der Waals surface area contributed by atoms with Crippen LogP contribution in [0.15, 0.2) is 6.33 Å². The first-order valence-corrected chi connectivity index (χ1v) is 6.81. The molecule has 1 aliphatic carbocycles.